The third-order valence-electron chi connectivity index (χ3n) is 3.34. The van der Waals surface area contributed by atoms with E-state index in [0.29, 0.717) is 0 Å². The van der Waals surface area contributed by atoms with Gasteiger partial charge in [0, 0.05) is 12.4 Å². The van der Waals surface area contributed by atoms with Gasteiger partial charge < -0.3 is 9.72 Å². The molecule has 0 atom stereocenters. The van der Waals surface area contributed by atoms with Gasteiger partial charge >= 0.3 is 0 Å². The van der Waals surface area contributed by atoms with E-state index in [9.17, 15) is 0 Å². The summed E-state index contributed by atoms with van der Waals surface area (Å²) in [4.78, 5) is 2.99. The molecule has 1 heterocycles. The van der Waals surface area contributed by atoms with Gasteiger partial charge in [-0.3, -0.25) is 0 Å². The van der Waals surface area contributed by atoms with Crippen LogP contribution in [0.5, 0.6) is 5.75 Å². The maximum atomic E-state index is 5.59. The summed E-state index contributed by atoms with van der Waals surface area (Å²) >= 11 is 0. The molecule has 18 heavy (non-hydrogen) atoms. The van der Waals surface area contributed by atoms with E-state index >= 15 is 0 Å². The van der Waals surface area contributed by atoms with E-state index < -0.39 is 0 Å². The highest BCUT2D eigenvalue weighted by atomic mass is 16.5. The van der Waals surface area contributed by atoms with Gasteiger partial charge in [-0.25, -0.2) is 0 Å². The molecule has 0 bridgehead atoms. The quantitative estimate of drug-likeness (QED) is 0.500. The second kappa shape index (κ2) is 11.2. The Kier molecular flexibility index (Phi) is 9.41. The zero-order chi connectivity index (χ0) is 12.9. The van der Waals surface area contributed by atoms with Gasteiger partial charge in [-0.05, 0) is 12.5 Å². The van der Waals surface area contributed by atoms with Crippen molar-refractivity contribution in [1.29, 1.82) is 0 Å². The standard InChI is InChI=1S/C16H29NO/c1-2-3-4-5-6-7-8-9-10-11-14-18-16-12-13-17-15-16/h12-13,15,17H,2-11,14H2,1H3. The first kappa shape index (κ1) is 15.1. The smallest absolute Gasteiger partial charge is 0.136 e. The number of unbranched alkanes of at least 4 members (excludes halogenated alkanes) is 9. The zero-order valence-corrected chi connectivity index (χ0v) is 11.9. The third kappa shape index (κ3) is 8.21. The van der Waals surface area contributed by atoms with E-state index in [1.165, 1.54) is 64.2 Å². The summed E-state index contributed by atoms with van der Waals surface area (Å²) in [5.41, 5.74) is 0. The molecule has 0 aliphatic carbocycles. The van der Waals surface area contributed by atoms with E-state index in [1.807, 2.05) is 18.5 Å². The number of H-pyrrole nitrogens is 1. The number of nitrogens with one attached hydrogen (secondary N) is 1. The van der Waals surface area contributed by atoms with Crippen molar-refractivity contribution in [2.45, 2.75) is 71.1 Å². The lowest BCUT2D eigenvalue weighted by molar-refractivity contribution is 0.304. The maximum absolute atomic E-state index is 5.59. The number of ether oxygens (including phenoxy) is 1. The van der Waals surface area contributed by atoms with Gasteiger partial charge in [-0.1, -0.05) is 64.7 Å². The number of hydrogen-bond donors (Lipinski definition) is 1. The second-order valence-electron chi connectivity index (χ2n) is 5.08. The largest absolute Gasteiger partial charge is 0.492 e. The highest BCUT2D eigenvalue weighted by Gasteiger charge is 1.94. The fourth-order valence-electron chi connectivity index (χ4n) is 2.18. The Hall–Kier alpha value is -0.920. The van der Waals surface area contributed by atoms with Crippen molar-refractivity contribution in [3.63, 3.8) is 0 Å². The van der Waals surface area contributed by atoms with Crippen LogP contribution in [0.25, 0.3) is 0 Å². The van der Waals surface area contributed by atoms with Gasteiger partial charge in [0.05, 0.1) is 6.61 Å². The molecule has 0 aromatic carbocycles. The fraction of sp³-hybridized carbons (Fsp3) is 0.750. The Morgan fingerprint density at radius 3 is 2.06 bits per heavy atom. The minimum atomic E-state index is 0.856. The lowest BCUT2D eigenvalue weighted by Crippen LogP contribution is -1.96. The fourth-order valence-corrected chi connectivity index (χ4v) is 2.18. The third-order valence-corrected chi connectivity index (χ3v) is 3.34. The van der Waals surface area contributed by atoms with E-state index in [4.69, 9.17) is 4.74 Å². The van der Waals surface area contributed by atoms with Crippen LogP contribution in [-0.4, -0.2) is 11.6 Å². The Labute approximate surface area is 112 Å². The van der Waals surface area contributed by atoms with Gasteiger partial charge in [0.15, 0.2) is 0 Å². The van der Waals surface area contributed by atoms with Crippen LogP contribution in [0.3, 0.4) is 0 Å². The lowest BCUT2D eigenvalue weighted by atomic mass is 10.1. The van der Waals surface area contributed by atoms with Crippen LogP contribution < -0.4 is 4.74 Å². The Morgan fingerprint density at radius 1 is 0.889 bits per heavy atom. The normalized spacial score (nSPS) is 10.7. The molecule has 1 N–H and O–H groups in total. The maximum Gasteiger partial charge on any atom is 0.136 e. The predicted molar refractivity (Wildman–Crippen MR) is 78.1 cm³/mol. The van der Waals surface area contributed by atoms with Crippen LogP contribution in [-0.2, 0) is 0 Å². The monoisotopic (exact) mass is 251 g/mol. The highest BCUT2D eigenvalue weighted by Crippen LogP contribution is 2.11. The van der Waals surface area contributed by atoms with E-state index in [1.54, 1.807) is 0 Å². The molecule has 1 aromatic rings. The summed E-state index contributed by atoms with van der Waals surface area (Å²) < 4.78 is 5.59. The van der Waals surface area contributed by atoms with Crippen molar-refractivity contribution < 1.29 is 4.74 Å². The molecule has 0 aliphatic heterocycles. The summed E-state index contributed by atoms with van der Waals surface area (Å²) in [7, 11) is 0. The molecule has 0 fully saturated rings. The molecular formula is C16H29NO. The molecule has 0 radical (unpaired) electrons. The molecule has 1 aromatic heterocycles. The van der Waals surface area contributed by atoms with E-state index in [0.717, 1.165) is 12.4 Å². The van der Waals surface area contributed by atoms with Crippen LogP contribution in [0.1, 0.15) is 71.1 Å². The van der Waals surface area contributed by atoms with E-state index in [2.05, 4.69) is 11.9 Å². The van der Waals surface area contributed by atoms with Crippen LogP contribution in [0.2, 0.25) is 0 Å². The molecule has 0 unspecified atom stereocenters. The van der Waals surface area contributed by atoms with E-state index in [-0.39, 0.29) is 0 Å². The van der Waals surface area contributed by atoms with Gasteiger partial charge in [0.25, 0.3) is 0 Å². The van der Waals surface area contributed by atoms with Crippen LogP contribution in [0, 0.1) is 0 Å². The SMILES string of the molecule is CCCCCCCCCCCCOc1cc[nH]c1. The van der Waals surface area contributed by atoms with Crippen molar-refractivity contribution in [3.8, 4) is 5.75 Å². The molecule has 1 rings (SSSR count). The summed E-state index contributed by atoms with van der Waals surface area (Å²) in [5.74, 6) is 0.964. The summed E-state index contributed by atoms with van der Waals surface area (Å²) in [6.07, 6.45) is 17.5. The highest BCUT2D eigenvalue weighted by molar-refractivity contribution is 5.15. The molecule has 0 amide bonds. The molecule has 0 spiro atoms. The molecule has 0 saturated heterocycles. The van der Waals surface area contributed by atoms with Gasteiger partial charge in [0.2, 0.25) is 0 Å². The summed E-state index contributed by atoms with van der Waals surface area (Å²) in [6, 6.07) is 1.97. The van der Waals surface area contributed by atoms with Gasteiger partial charge in [-0.15, -0.1) is 0 Å². The number of hydrogen-bond acceptors (Lipinski definition) is 1. The molecule has 104 valence electrons. The van der Waals surface area contributed by atoms with Crippen molar-refractivity contribution >= 4 is 0 Å². The minimum absolute atomic E-state index is 0.856. The molecule has 0 aliphatic rings. The Bertz CT molecular complexity index is 256. The average molecular weight is 251 g/mol. The van der Waals surface area contributed by atoms with Crippen molar-refractivity contribution in [2.24, 2.45) is 0 Å². The lowest BCUT2D eigenvalue weighted by Gasteiger charge is -2.04. The first-order valence-corrected chi connectivity index (χ1v) is 7.69. The van der Waals surface area contributed by atoms with Gasteiger partial charge in [-0.2, -0.15) is 0 Å². The molecule has 2 heteroatoms. The van der Waals surface area contributed by atoms with Crippen LogP contribution in [0.4, 0.5) is 0 Å². The second-order valence-corrected chi connectivity index (χ2v) is 5.08. The average Bonchev–Trinajstić information content (AvgIpc) is 2.89. The number of aromatic amines is 1. The molecule has 0 saturated carbocycles. The number of rotatable bonds is 12. The Morgan fingerprint density at radius 2 is 1.50 bits per heavy atom. The summed E-state index contributed by atoms with van der Waals surface area (Å²) in [6.45, 7) is 3.13. The molecule has 2 nitrogen and oxygen atoms in total. The first-order chi connectivity index (χ1) is 8.93. The minimum Gasteiger partial charge on any atom is -0.492 e. The van der Waals surface area contributed by atoms with Crippen molar-refractivity contribution in [1.82, 2.24) is 4.98 Å². The summed E-state index contributed by atoms with van der Waals surface area (Å²) in [5, 5.41) is 0. The van der Waals surface area contributed by atoms with Gasteiger partial charge in [0.1, 0.15) is 5.75 Å². The van der Waals surface area contributed by atoms with Crippen LogP contribution >= 0.6 is 0 Å². The first-order valence-electron chi connectivity index (χ1n) is 7.69. The topological polar surface area (TPSA) is 25.0 Å². The van der Waals surface area contributed by atoms with Crippen molar-refractivity contribution in [3.05, 3.63) is 18.5 Å². The number of aromatic nitrogens is 1. The van der Waals surface area contributed by atoms with Crippen LogP contribution in [0.15, 0.2) is 18.5 Å². The molecular weight excluding hydrogens is 222 g/mol. The van der Waals surface area contributed by atoms with Crippen molar-refractivity contribution in [2.75, 3.05) is 6.61 Å². The Balaban J connectivity index is 1.73. The predicted octanol–water partition coefficient (Wildman–Crippen LogP) is 5.31. The zero-order valence-electron chi connectivity index (χ0n) is 11.9.